The van der Waals surface area contributed by atoms with Gasteiger partial charge in [-0.1, -0.05) is 0 Å². The molecule has 0 saturated carbocycles. The molecule has 94 valence electrons. The maximum Gasteiger partial charge on any atom is 0.150 e. The van der Waals surface area contributed by atoms with Crippen molar-refractivity contribution >= 4 is 39.2 Å². The summed E-state index contributed by atoms with van der Waals surface area (Å²) in [6.07, 6.45) is 0.882. The largest absolute Gasteiger partial charge is 0.370 e. The van der Waals surface area contributed by atoms with Gasteiger partial charge >= 0.3 is 0 Å². The topological polar surface area (TPSA) is 20.3 Å². The average molecular weight is 324 g/mol. The zero-order valence-electron chi connectivity index (χ0n) is 10.3. The van der Waals surface area contributed by atoms with E-state index < -0.39 is 0 Å². The Bertz CT molecular complexity index is 565. The van der Waals surface area contributed by atoms with Crippen LogP contribution in [0.15, 0.2) is 33.4 Å². The minimum Gasteiger partial charge on any atom is -0.370 e. The summed E-state index contributed by atoms with van der Waals surface area (Å²) in [6, 6.07) is 7.91. The maximum absolute atomic E-state index is 10.7. The summed E-state index contributed by atoms with van der Waals surface area (Å²) in [5, 5.41) is 2.15. The number of hydrogen-bond donors (Lipinski definition) is 0. The Hall–Kier alpha value is -1.13. The molecule has 18 heavy (non-hydrogen) atoms. The molecular formula is C14H14BrNOS. The number of thiophene rings is 1. The first-order valence-electron chi connectivity index (χ1n) is 5.60. The molecule has 4 heteroatoms. The fraction of sp³-hybridized carbons (Fsp3) is 0.214. The second kappa shape index (κ2) is 5.67. The lowest BCUT2D eigenvalue weighted by Gasteiger charge is -2.21. The standard InChI is InChI=1S/C14H14BrNOS/c1-10-5-11(8-17)3-4-13(10)16(2)7-12-6-14(15)18-9-12/h3-6,8-9H,7H2,1-2H3. The number of aldehydes is 1. The number of hydrogen-bond acceptors (Lipinski definition) is 3. The normalized spacial score (nSPS) is 10.4. The second-order valence-electron chi connectivity index (χ2n) is 4.28. The van der Waals surface area contributed by atoms with Crippen molar-refractivity contribution in [2.45, 2.75) is 13.5 Å². The van der Waals surface area contributed by atoms with Crippen LogP contribution in [0.25, 0.3) is 0 Å². The summed E-state index contributed by atoms with van der Waals surface area (Å²) in [4.78, 5) is 12.9. The smallest absolute Gasteiger partial charge is 0.150 e. The molecule has 2 nitrogen and oxygen atoms in total. The summed E-state index contributed by atoms with van der Waals surface area (Å²) >= 11 is 5.17. The van der Waals surface area contributed by atoms with Crippen molar-refractivity contribution in [1.82, 2.24) is 0 Å². The van der Waals surface area contributed by atoms with E-state index in [2.05, 4.69) is 39.3 Å². The first-order valence-corrected chi connectivity index (χ1v) is 7.27. The van der Waals surface area contributed by atoms with Gasteiger partial charge in [-0.15, -0.1) is 11.3 Å². The van der Waals surface area contributed by atoms with Crippen LogP contribution in [0.1, 0.15) is 21.5 Å². The van der Waals surface area contributed by atoms with Crippen molar-refractivity contribution in [3.8, 4) is 0 Å². The van der Waals surface area contributed by atoms with E-state index in [0.717, 1.165) is 33.4 Å². The van der Waals surface area contributed by atoms with Crippen molar-refractivity contribution < 1.29 is 4.79 Å². The van der Waals surface area contributed by atoms with Crippen molar-refractivity contribution in [3.63, 3.8) is 0 Å². The molecule has 2 aromatic rings. The molecule has 0 amide bonds. The van der Waals surface area contributed by atoms with Gasteiger partial charge in [-0.2, -0.15) is 0 Å². The molecule has 0 fully saturated rings. The highest BCUT2D eigenvalue weighted by Crippen LogP contribution is 2.25. The summed E-state index contributed by atoms with van der Waals surface area (Å²) in [6.45, 7) is 2.89. The SMILES string of the molecule is Cc1cc(C=O)ccc1N(C)Cc1csc(Br)c1. The lowest BCUT2D eigenvalue weighted by atomic mass is 10.1. The van der Waals surface area contributed by atoms with Crippen LogP contribution in [0.4, 0.5) is 5.69 Å². The highest BCUT2D eigenvalue weighted by Gasteiger charge is 2.07. The van der Waals surface area contributed by atoms with Gasteiger partial charge in [0, 0.05) is 24.8 Å². The molecule has 0 unspecified atom stereocenters. The molecular weight excluding hydrogens is 310 g/mol. The number of nitrogens with zero attached hydrogens (tertiary/aromatic N) is 1. The monoisotopic (exact) mass is 323 g/mol. The summed E-state index contributed by atoms with van der Waals surface area (Å²) in [7, 11) is 2.06. The molecule has 0 saturated heterocycles. The van der Waals surface area contributed by atoms with E-state index in [0.29, 0.717) is 0 Å². The van der Waals surface area contributed by atoms with Crippen LogP contribution >= 0.6 is 27.3 Å². The Morgan fingerprint density at radius 2 is 2.17 bits per heavy atom. The van der Waals surface area contributed by atoms with Crippen molar-refractivity contribution in [2.75, 3.05) is 11.9 Å². The Balaban J connectivity index is 2.18. The molecule has 1 aromatic carbocycles. The number of carbonyl (C=O) groups is 1. The van der Waals surface area contributed by atoms with E-state index in [1.807, 2.05) is 25.1 Å². The summed E-state index contributed by atoms with van der Waals surface area (Å²) < 4.78 is 1.15. The zero-order valence-corrected chi connectivity index (χ0v) is 12.7. The predicted molar refractivity (Wildman–Crippen MR) is 80.7 cm³/mol. The Morgan fingerprint density at radius 1 is 1.39 bits per heavy atom. The van der Waals surface area contributed by atoms with Crippen molar-refractivity contribution in [3.05, 3.63) is 50.1 Å². The number of benzene rings is 1. The first-order chi connectivity index (χ1) is 8.60. The predicted octanol–water partition coefficient (Wildman–Crippen LogP) is 4.27. The first kappa shape index (κ1) is 13.3. The van der Waals surface area contributed by atoms with E-state index in [1.54, 1.807) is 11.3 Å². The number of carbonyl (C=O) groups excluding carboxylic acids is 1. The third-order valence-corrected chi connectivity index (χ3v) is 4.36. The molecule has 0 N–H and O–H groups in total. The third-order valence-electron chi connectivity index (χ3n) is 2.81. The molecule has 0 aliphatic carbocycles. The number of halogens is 1. The van der Waals surface area contributed by atoms with Gasteiger partial charge in [0.05, 0.1) is 3.79 Å². The second-order valence-corrected chi connectivity index (χ2v) is 6.57. The van der Waals surface area contributed by atoms with E-state index in [9.17, 15) is 4.79 Å². The number of anilines is 1. The zero-order chi connectivity index (χ0) is 13.1. The van der Waals surface area contributed by atoms with Gasteiger partial charge in [0.15, 0.2) is 0 Å². The molecule has 2 rings (SSSR count). The van der Waals surface area contributed by atoms with Gasteiger partial charge in [-0.05, 0) is 63.6 Å². The maximum atomic E-state index is 10.7. The van der Waals surface area contributed by atoms with Gasteiger partial charge in [-0.25, -0.2) is 0 Å². The summed E-state index contributed by atoms with van der Waals surface area (Å²) in [5.41, 5.74) is 4.29. The van der Waals surface area contributed by atoms with Crippen LogP contribution in [0.3, 0.4) is 0 Å². The Labute approximate surface area is 119 Å². The quantitative estimate of drug-likeness (QED) is 0.783. The minimum atomic E-state index is 0.725. The van der Waals surface area contributed by atoms with Crippen molar-refractivity contribution in [1.29, 1.82) is 0 Å². The van der Waals surface area contributed by atoms with Crippen LogP contribution in [-0.4, -0.2) is 13.3 Å². The van der Waals surface area contributed by atoms with E-state index in [4.69, 9.17) is 0 Å². The van der Waals surface area contributed by atoms with Gasteiger partial charge < -0.3 is 4.90 Å². The highest BCUT2D eigenvalue weighted by atomic mass is 79.9. The van der Waals surface area contributed by atoms with Gasteiger partial charge in [-0.3, -0.25) is 4.79 Å². The van der Waals surface area contributed by atoms with Crippen LogP contribution < -0.4 is 4.90 Å². The van der Waals surface area contributed by atoms with Crippen molar-refractivity contribution in [2.24, 2.45) is 0 Å². The van der Waals surface area contributed by atoms with E-state index in [-0.39, 0.29) is 0 Å². The molecule has 1 aromatic heterocycles. The fourth-order valence-corrected chi connectivity index (χ4v) is 3.17. The molecule has 0 aliphatic heterocycles. The lowest BCUT2D eigenvalue weighted by molar-refractivity contribution is 0.112. The van der Waals surface area contributed by atoms with E-state index in [1.165, 1.54) is 5.56 Å². The lowest BCUT2D eigenvalue weighted by Crippen LogP contribution is -2.17. The van der Waals surface area contributed by atoms with Crippen LogP contribution in [0.2, 0.25) is 0 Å². The molecule has 0 radical (unpaired) electrons. The van der Waals surface area contributed by atoms with Gasteiger partial charge in [0.2, 0.25) is 0 Å². The van der Waals surface area contributed by atoms with Crippen LogP contribution in [0.5, 0.6) is 0 Å². The fourth-order valence-electron chi connectivity index (χ4n) is 1.97. The molecule has 0 aliphatic rings. The summed E-state index contributed by atoms with van der Waals surface area (Å²) in [5.74, 6) is 0. The minimum absolute atomic E-state index is 0.725. The Morgan fingerprint density at radius 3 is 2.72 bits per heavy atom. The third kappa shape index (κ3) is 3.00. The molecule has 0 spiro atoms. The van der Waals surface area contributed by atoms with E-state index >= 15 is 0 Å². The van der Waals surface area contributed by atoms with Gasteiger partial charge in [0.1, 0.15) is 6.29 Å². The molecule has 1 heterocycles. The number of rotatable bonds is 4. The molecule has 0 atom stereocenters. The van der Waals surface area contributed by atoms with Gasteiger partial charge in [0.25, 0.3) is 0 Å². The van der Waals surface area contributed by atoms with Crippen LogP contribution in [0, 0.1) is 6.92 Å². The Kier molecular flexibility index (Phi) is 4.19. The molecule has 0 bridgehead atoms. The highest BCUT2D eigenvalue weighted by molar-refractivity contribution is 9.11. The average Bonchev–Trinajstić information content (AvgIpc) is 2.74. The number of aryl methyl sites for hydroxylation is 1. The van der Waals surface area contributed by atoms with Crippen LogP contribution in [-0.2, 0) is 6.54 Å².